The van der Waals surface area contributed by atoms with E-state index in [9.17, 15) is 0 Å². The van der Waals surface area contributed by atoms with E-state index < -0.39 is 0 Å². The third-order valence-electron chi connectivity index (χ3n) is 3.87. The topological polar surface area (TPSA) is 72.9 Å². The molecule has 7 heteroatoms. The number of hydrogen-bond acceptors (Lipinski definition) is 6. The number of aromatic nitrogens is 4. The maximum atomic E-state index is 5.38. The molecule has 4 aromatic rings. The number of aryl methyl sites for hydroxylation is 1. The molecule has 0 unspecified atom stereocenters. The summed E-state index contributed by atoms with van der Waals surface area (Å²) in [5, 5.41) is 0. The lowest BCUT2D eigenvalue weighted by molar-refractivity contribution is 0.394. The highest BCUT2D eigenvalue weighted by Gasteiger charge is 2.15. The van der Waals surface area contributed by atoms with Gasteiger partial charge < -0.3 is 14.5 Å². The Hall–Kier alpha value is -2.93. The van der Waals surface area contributed by atoms with Crippen LogP contribution in [0.3, 0.4) is 0 Å². The molecule has 126 valence electrons. The molecule has 1 aromatic carbocycles. The van der Waals surface area contributed by atoms with Gasteiger partial charge in [-0.05, 0) is 31.2 Å². The summed E-state index contributed by atoms with van der Waals surface area (Å²) < 4.78 is 10.8. The third-order valence-corrected chi connectivity index (χ3v) is 4.87. The molecule has 0 fully saturated rings. The Bertz CT molecular complexity index is 1030. The van der Waals surface area contributed by atoms with E-state index >= 15 is 0 Å². The summed E-state index contributed by atoms with van der Waals surface area (Å²) >= 11 is 1.66. The fourth-order valence-corrected chi connectivity index (χ4v) is 3.45. The van der Waals surface area contributed by atoms with Crippen LogP contribution in [0.2, 0.25) is 0 Å². The Kier molecular flexibility index (Phi) is 3.85. The Labute approximate surface area is 148 Å². The minimum Gasteiger partial charge on any atom is -0.497 e. The second-order valence-electron chi connectivity index (χ2n) is 5.51. The predicted octanol–water partition coefficient (Wildman–Crippen LogP) is 4.07. The SMILES string of the molecule is COc1cc(OC)cc(-c2nc(-c3ccc(C)s3)nc3nc[nH]c23)c1. The van der Waals surface area contributed by atoms with Crippen LogP contribution < -0.4 is 9.47 Å². The zero-order chi connectivity index (χ0) is 17.4. The molecule has 0 aliphatic carbocycles. The number of nitrogens with one attached hydrogen (secondary N) is 1. The van der Waals surface area contributed by atoms with Crippen LogP contribution in [-0.4, -0.2) is 34.2 Å². The van der Waals surface area contributed by atoms with Crippen molar-refractivity contribution in [1.82, 2.24) is 19.9 Å². The van der Waals surface area contributed by atoms with E-state index in [4.69, 9.17) is 14.5 Å². The fraction of sp³-hybridized carbons (Fsp3) is 0.167. The van der Waals surface area contributed by atoms with Crippen molar-refractivity contribution >= 4 is 22.5 Å². The van der Waals surface area contributed by atoms with Crippen LogP contribution in [0.5, 0.6) is 11.5 Å². The first kappa shape index (κ1) is 15.6. The average molecular weight is 352 g/mol. The van der Waals surface area contributed by atoms with E-state index in [0.717, 1.165) is 21.7 Å². The molecule has 4 rings (SSSR count). The fourth-order valence-electron chi connectivity index (χ4n) is 2.65. The lowest BCUT2D eigenvalue weighted by atomic mass is 10.1. The molecule has 0 saturated carbocycles. The van der Waals surface area contributed by atoms with Gasteiger partial charge in [0.1, 0.15) is 22.7 Å². The van der Waals surface area contributed by atoms with Crippen molar-refractivity contribution in [2.75, 3.05) is 14.2 Å². The largest absolute Gasteiger partial charge is 0.497 e. The molecule has 0 aliphatic heterocycles. The van der Waals surface area contributed by atoms with Crippen LogP contribution in [0.15, 0.2) is 36.7 Å². The minimum atomic E-state index is 0.632. The summed E-state index contributed by atoms with van der Waals surface area (Å²) in [6, 6.07) is 9.78. The number of aromatic amines is 1. The van der Waals surface area contributed by atoms with Crippen molar-refractivity contribution < 1.29 is 9.47 Å². The summed E-state index contributed by atoms with van der Waals surface area (Å²) in [5.74, 6) is 2.07. The van der Waals surface area contributed by atoms with Crippen LogP contribution in [0.1, 0.15) is 4.88 Å². The van der Waals surface area contributed by atoms with E-state index in [1.807, 2.05) is 24.3 Å². The zero-order valence-corrected chi connectivity index (χ0v) is 14.8. The number of methoxy groups -OCH3 is 2. The van der Waals surface area contributed by atoms with Crippen LogP contribution in [-0.2, 0) is 0 Å². The van der Waals surface area contributed by atoms with E-state index in [0.29, 0.717) is 23.0 Å². The lowest BCUT2D eigenvalue weighted by Gasteiger charge is -2.09. The number of H-pyrrole nitrogens is 1. The number of nitrogens with zero attached hydrogens (tertiary/aromatic N) is 3. The monoisotopic (exact) mass is 352 g/mol. The van der Waals surface area contributed by atoms with Crippen molar-refractivity contribution in [1.29, 1.82) is 0 Å². The van der Waals surface area contributed by atoms with Gasteiger partial charge >= 0.3 is 0 Å². The van der Waals surface area contributed by atoms with Crippen molar-refractivity contribution in [2.24, 2.45) is 0 Å². The molecular formula is C18H16N4O2S. The van der Waals surface area contributed by atoms with Gasteiger partial charge in [-0.15, -0.1) is 11.3 Å². The van der Waals surface area contributed by atoms with Gasteiger partial charge in [0.05, 0.1) is 25.4 Å². The van der Waals surface area contributed by atoms with Gasteiger partial charge in [-0.25, -0.2) is 15.0 Å². The van der Waals surface area contributed by atoms with Crippen molar-refractivity contribution in [2.45, 2.75) is 6.92 Å². The second kappa shape index (κ2) is 6.18. The maximum absolute atomic E-state index is 5.38. The Balaban J connectivity index is 1.96. The molecule has 0 radical (unpaired) electrons. The van der Waals surface area contributed by atoms with E-state index in [1.165, 1.54) is 4.88 Å². The first-order valence-electron chi connectivity index (χ1n) is 7.69. The molecule has 0 atom stereocenters. The molecule has 25 heavy (non-hydrogen) atoms. The molecule has 3 heterocycles. The molecular weight excluding hydrogens is 336 g/mol. The highest BCUT2D eigenvalue weighted by atomic mass is 32.1. The number of thiophene rings is 1. The Morgan fingerprint density at radius 2 is 1.76 bits per heavy atom. The number of benzene rings is 1. The quantitative estimate of drug-likeness (QED) is 0.599. The van der Waals surface area contributed by atoms with E-state index in [2.05, 4.69) is 27.9 Å². The molecule has 0 spiro atoms. The van der Waals surface area contributed by atoms with Gasteiger partial charge in [-0.3, -0.25) is 0 Å². The highest BCUT2D eigenvalue weighted by Crippen LogP contribution is 2.34. The van der Waals surface area contributed by atoms with Crippen molar-refractivity contribution in [3.63, 3.8) is 0 Å². The number of hydrogen-bond donors (Lipinski definition) is 1. The minimum absolute atomic E-state index is 0.632. The molecule has 0 bridgehead atoms. The van der Waals surface area contributed by atoms with Crippen LogP contribution in [0, 0.1) is 6.92 Å². The second-order valence-corrected chi connectivity index (χ2v) is 6.80. The van der Waals surface area contributed by atoms with Gasteiger partial charge in [0.2, 0.25) is 0 Å². The standard InChI is InChI=1S/C18H16N4O2S/c1-10-4-5-14(25-10)17-21-15(16-18(22-17)20-9-19-16)11-6-12(23-2)8-13(7-11)24-3/h4-9H,1-3H3,(H,19,20,21,22). The Morgan fingerprint density at radius 1 is 1.00 bits per heavy atom. The normalized spacial score (nSPS) is 11.0. The van der Waals surface area contributed by atoms with E-state index in [-0.39, 0.29) is 0 Å². The zero-order valence-electron chi connectivity index (χ0n) is 14.0. The summed E-state index contributed by atoms with van der Waals surface area (Å²) in [6.07, 6.45) is 1.63. The molecule has 3 aromatic heterocycles. The predicted molar refractivity (Wildman–Crippen MR) is 98.3 cm³/mol. The van der Waals surface area contributed by atoms with Crippen LogP contribution in [0.4, 0.5) is 0 Å². The maximum Gasteiger partial charge on any atom is 0.181 e. The molecule has 6 nitrogen and oxygen atoms in total. The highest BCUT2D eigenvalue weighted by molar-refractivity contribution is 7.15. The van der Waals surface area contributed by atoms with E-state index in [1.54, 1.807) is 31.9 Å². The first-order chi connectivity index (χ1) is 12.2. The molecule has 0 saturated heterocycles. The lowest BCUT2D eigenvalue weighted by Crippen LogP contribution is -1.95. The smallest absolute Gasteiger partial charge is 0.181 e. The third kappa shape index (κ3) is 2.83. The van der Waals surface area contributed by atoms with Crippen LogP contribution >= 0.6 is 11.3 Å². The number of ether oxygens (including phenoxy) is 2. The number of imidazole rings is 1. The van der Waals surface area contributed by atoms with Crippen molar-refractivity contribution in [3.05, 3.63) is 41.5 Å². The summed E-state index contributed by atoms with van der Waals surface area (Å²) in [6.45, 7) is 2.06. The van der Waals surface area contributed by atoms with Crippen molar-refractivity contribution in [3.8, 4) is 33.5 Å². The summed E-state index contributed by atoms with van der Waals surface area (Å²) in [4.78, 5) is 19.1. The Morgan fingerprint density at radius 3 is 2.40 bits per heavy atom. The molecule has 0 aliphatic rings. The average Bonchev–Trinajstić information content (AvgIpc) is 3.28. The van der Waals surface area contributed by atoms with Gasteiger partial charge in [0.15, 0.2) is 11.5 Å². The summed E-state index contributed by atoms with van der Waals surface area (Å²) in [5.41, 5.74) is 3.06. The summed E-state index contributed by atoms with van der Waals surface area (Å²) in [7, 11) is 3.26. The van der Waals surface area contributed by atoms with Gasteiger partial charge in [-0.2, -0.15) is 0 Å². The molecule has 0 amide bonds. The number of fused-ring (bicyclic) bond motifs is 1. The van der Waals surface area contributed by atoms with Gasteiger partial charge in [0, 0.05) is 16.5 Å². The first-order valence-corrected chi connectivity index (χ1v) is 8.51. The van der Waals surface area contributed by atoms with Gasteiger partial charge in [-0.1, -0.05) is 0 Å². The number of rotatable bonds is 4. The van der Waals surface area contributed by atoms with Crippen LogP contribution in [0.25, 0.3) is 33.1 Å². The van der Waals surface area contributed by atoms with Gasteiger partial charge in [0.25, 0.3) is 0 Å². The molecule has 1 N–H and O–H groups in total.